The number of hydrogen-bond acceptors (Lipinski definition) is 5. The third kappa shape index (κ3) is 6.51. The van der Waals surface area contributed by atoms with Gasteiger partial charge < -0.3 is 14.9 Å². The summed E-state index contributed by atoms with van der Waals surface area (Å²) in [5.74, 6) is -3.80. The number of aliphatic hydroxyl groups is 1. The smallest absolute Gasteiger partial charge is 0.240 e. The van der Waals surface area contributed by atoms with Crippen molar-refractivity contribution < 1.29 is 27.7 Å². The summed E-state index contributed by atoms with van der Waals surface area (Å²) in [6, 6.07) is 12.5. The molecular formula is C30H31F2N3O4S. The SMILES string of the molecule is CN(C)C(=O)C(C(=O)N(Cc1ccnc(C(C)(C)O)c1)C1C=CS(=O)C1)c1ccc(-c2ccc(F)cc2)cc1F. The minimum Gasteiger partial charge on any atom is -0.384 e. The second-order valence-corrected chi connectivity index (χ2v) is 11.8. The van der Waals surface area contributed by atoms with Crippen molar-refractivity contribution in [1.82, 2.24) is 14.8 Å². The predicted molar refractivity (Wildman–Crippen MR) is 149 cm³/mol. The second-order valence-electron chi connectivity index (χ2n) is 10.4. The van der Waals surface area contributed by atoms with Crippen molar-refractivity contribution in [2.24, 2.45) is 0 Å². The summed E-state index contributed by atoms with van der Waals surface area (Å²) < 4.78 is 41.3. The number of carbonyl (C=O) groups excluding carboxylic acids is 2. The molecule has 210 valence electrons. The maximum atomic E-state index is 15.6. The van der Waals surface area contributed by atoms with Crippen LogP contribution in [0.4, 0.5) is 8.78 Å². The van der Waals surface area contributed by atoms with Crippen molar-refractivity contribution in [3.05, 3.63) is 101 Å². The van der Waals surface area contributed by atoms with E-state index in [0.717, 1.165) is 0 Å². The number of aromatic nitrogens is 1. The van der Waals surface area contributed by atoms with Crippen LogP contribution in [-0.2, 0) is 32.5 Å². The van der Waals surface area contributed by atoms with Crippen molar-refractivity contribution in [2.45, 2.75) is 38.0 Å². The minimum absolute atomic E-state index is 0.0170. The van der Waals surface area contributed by atoms with Crippen LogP contribution in [0, 0.1) is 11.6 Å². The topological polar surface area (TPSA) is 90.8 Å². The lowest BCUT2D eigenvalue weighted by Crippen LogP contribution is -2.46. The molecule has 7 nitrogen and oxygen atoms in total. The van der Waals surface area contributed by atoms with Crippen molar-refractivity contribution in [3.63, 3.8) is 0 Å². The molecule has 40 heavy (non-hydrogen) atoms. The molecule has 0 saturated carbocycles. The Hall–Kier alpha value is -3.76. The van der Waals surface area contributed by atoms with Gasteiger partial charge in [0.05, 0.1) is 17.5 Å². The number of rotatable bonds is 8. The Kier molecular flexibility index (Phi) is 8.60. The maximum Gasteiger partial charge on any atom is 0.240 e. The van der Waals surface area contributed by atoms with Gasteiger partial charge in [0.25, 0.3) is 0 Å². The van der Waals surface area contributed by atoms with E-state index < -0.39 is 51.8 Å². The molecule has 2 amide bonds. The number of pyridine rings is 1. The normalized spacial score (nSPS) is 17.5. The highest BCUT2D eigenvalue weighted by atomic mass is 32.2. The average molecular weight is 568 g/mol. The molecule has 4 rings (SSSR count). The Labute approximate surface area is 234 Å². The van der Waals surface area contributed by atoms with Gasteiger partial charge in [-0.3, -0.25) is 18.8 Å². The molecule has 3 aromatic rings. The molecule has 0 aliphatic carbocycles. The average Bonchev–Trinajstić information content (AvgIpc) is 3.34. The lowest BCUT2D eigenvalue weighted by Gasteiger charge is -2.32. The second kappa shape index (κ2) is 11.8. The Morgan fingerprint density at radius 3 is 2.30 bits per heavy atom. The summed E-state index contributed by atoms with van der Waals surface area (Å²) in [4.78, 5) is 34.4. The molecule has 0 saturated heterocycles. The van der Waals surface area contributed by atoms with Gasteiger partial charge in [-0.05, 0) is 60.9 Å². The van der Waals surface area contributed by atoms with Gasteiger partial charge in [-0.25, -0.2) is 8.78 Å². The number of likely N-dealkylation sites (N-methyl/N-ethyl adjacent to an activating group) is 1. The van der Waals surface area contributed by atoms with Gasteiger partial charge in [-0.15, -0.1) is 0 Å². The van der Waals surface area contributed by atoms with Crippen LogP contribution in [0.2, 0.25) is 0 Å². The standard InChI is InChI=1S/C30H31F2N3O4S/c1-30(2,38)26-15-19(11-13-33-26)17-35(23-12-14-40(39)18-23)29(37)27(28(36)34(3)4)24-10-7-21(16-25(24)32)20-5-8-22(31)9-6-20/h5-16,23,27,38H,17-18H2,1-4H3. The first-order valence-corrected chi connectivity index (χ1v) is 14.0. The monoisotopic (exact) mass is 567 g/mol. The van der Waals surface area contributed by atoms with Crippen molar-refractivity contribution in [2.75, 3.05) is 19.8 Å². The molecule has 3 atom stereocenters. The lowest BCUT2D eigenvalue weighted by atomic mass is 9.92. The summed E-state index contributed by atoms with van der Waals surface area (Å²) in [7, 11) is 1.68. The molecular weight excluding hydrogens is 536 g/mol. The van der Waals surface area contributed by atoms with E-state index in [1.165, 1.54) is 71.9 Å². The Bertz CT molecular complexity index is 1470. The van der Waals surface area contributed by atoms with Crippen LogP contribution in [0.15, 0.2) is 72.3 Å². The van der Waals surface area contributed by atoms with Crippen LogP contribution in [0.3, 0.4) is 0 Å². The van der Waals surface area contributed by atoms with E-state index in [0.29, 0.717) is 22.4 Å². The van der Waals surface area contributed by atoms with E-state index in [1.807, 2.05) is 0 Å². The zero-order chi connectivity index (χ0) is 29.2. The number of nitrogens with zero attached hydrogens (tertiary/aromatic N) is 3. The molecule has 1 aromatic heterocycles. The third-order valence-corrected chi connectivity index (χ3v) is 7.83. The van der Waals surface area contributed by atoms with Gasteiger partial charge in [0.1, 0.15) is 23.2 Å². The lowest BCUT2D eigenvalue weighted by molar-refractivity contribution is -0.143. The largest absolute Gasteiger partial charge is 0.384 e. The first-order valence-electron chi connectivity index (χ1n) is 12.7. The number of halogens is 2. The molecule has 0 fully saturated rings. The highest BCUT2D eigenvalue weighted by Gasteiger charge is 2.38. The molecule has 2 heterocycles. The first-order chi connectivity index (χ1) is 18.8. The van der Waals surface area contributed by atoms with E-state index in [1.54, 1.807) is 38.1 Å². The van der Waals surface area contributed by atoms with E-state index in [2.05, 4.69) is 4.98 Å². The van der Waals surface area contributed by atoms with Crippen LogP contribution >= 0.6 is 0 Å². The third-order valence-electron chi connectivity index (χ3n) is 6.70. The molecule has 3 unspecified atom stereocenters. The molecule has 1 N–H and O–H groups in total. The van der Waals surface area contributed by atoms with Gasteiger partial charge >= 0.3 is 0 Å². The van der Waals surface area contributed by atoms with Gasteiger partial charge in [0, 0.05) is 48.6 Å². The zero-order valence-corrected chi connectivity index (χ0v) is 23.5. The van der Waals surface area contributed by atoms with E-state index >= 15 is 4.39 Å². The van der Waals surface area contributed by atoms with Gasteiger partial charge in [-0.2, -0.15) is 0 Å². The number of carbonyl (C=O) groups is 2. The number of hydrogen-bond donors (Lipinski definition) is 1. The summed E-state index contributed by atoms with van der Waals surface area (Å²) in [5.41, 5.74) is 0.745. The fraction of sp³-hybridized carbons (Fsp3) is 0.300. The van der Waals surface area contributed by atoms with Crippen LogP contribution < -0.4 is 0 Å². The van der Waals surface area contributed by atoms with Crippen LogP contribution in [0.25, 0.3) is 11.1 Å². The fourth-order valence-corrected chi connectivity index (χ4v) is 5.59. The molecule has 0 radical (unpaired) electrons. The number of amides is 2. The predicted octanol–water partition coefficient (Wildman–Crippen LogP) is 4.10. The fourth-order valence-electron chi connectivity index (χ4n) is 4.49. The van der Waals surface area contributed by atoms with E-state index in [9.17, 15) is 23.3 Å². The van der Waals surface area contributed by atoms with Gasteiger partial charge in [0.15, 0.2) is 0 Å². The van der Waals surface area contributed by atoms with Crippen molar-refractivity contribution >= 4 is 22.6 Å². The Morgan fingerprint density at radius 2 is 1.73 bits per heavy atom. The van der Waals surface area contributed by atoms with Crippen LogP contribution in [0.1, 0.15) is 36.6 Å². The number of benzene rings is 2. The summed E-state index contributed by atoms with van der Waals surface area (Å²) in [6.45, 7) is 3.20. The Morgan fingerprint density at radius 1 is 1.05 bits per heavy atom. The summed E-state index contributed by atoms with van der Waals surface area (Å²) >= 11 is 0. The van der Waals surface area contributed by atoms with Crippen LogP contribution in [-0.4, -0.2) is 61.8 Å². The molecule has 2 aromatic carbocycles. The first kappa shape index (κ1) is 29.2. The quantitative estimate of drug-likeness (QED) is 0.414. The molecule has 1 aliphatic heterocycles. The summed E-state index contributed by atoms with van der Waals surface area (Å²) in [6.07, 6.45) is 3.17. The summed E-state index contributed by atoms with van der Waals surface area (Å²) in [5, 5.41) is 11.9. The highest BCUT2D eigenvalue weighted by Crippen LogP contribution is 2.31. The van der Waals surface area contributed by atoms with Crippen molar-refractivity contribution in [3.8, 4) is 11.1 Å². The molecule has 0 bridgehead atoms. The van der Waals surface area contributed by atoms with Crippen LogP contribution in [0.5, 0.6) is 0 Å². The molecule has 10 heteroatoms. The minimum atomic E-state index is -1.50. The van der Waals surface area contributed by atoms with Crippen molar-refractivity contribution in [1.29, 1.82) is 0 Å². The van der Waals surface area contributed by atoms with Gasteiger partial charge in [0.2, 0.25) is 11.8 Å². The van der Waals surface area contributed by atoms with E-state index in [-0.39, 0.29) is 17.9 Å². The molecule has 0 spiro atoms. The maximum absolute atomic E-state index is 15.6. The Balaban J connectivity index is 1.75. The van der Waals surface area contributed by atoms with E-state index in [4.69, 9.17) is 0 Å². The van der Waals surface area contributed by atoms with Gasteiger partial charge in [-0.1, -0.05) is 30.3 Å². The zero-order valence-electron chi connectivity index (χ0n) is 22.7. The highest BCUT2D eigenvalue weighted by molar-refractivity contribution is 7.88. The molecule has 1 aliphatic rings.